The highest BCUT2D eigenvalue weighted by Crippen LogP contribution is 2.37. The number of halogens is 1. The van der Waals surface area contributed by atoms with Crippen LogP contribution in [0.1, 0.15) is 42.4 Å². The highest BCUT2D eigenvalue weighted by molar-refractivity contribution is 9.10. The van der Waals surface area contributed by atoms with Gasteiger partial charge in [-0.3, -0.25) is 5.10 Å². The number of aromatic nitrogens is 2. The largest absolute Gasteiger partial charge is 0.304 e. The Morgan fingerprint density at radius 3 is 3.00 bits per heavy atom. The molecule has 106 valence electrons. The van der Waals surface area contributed by atoms with Gasteiger partial charge >= 0.3 is 0 Å². The molecular weight excluding hydrogens is 314 g/mol. The molecule has 0 saturated carbocycles. The second kappa shape index (κ2) is 5.70. The topological polar surface area (TPSA) is 40.7 Å². The van der Waals surface area contributed by atoms with Gasteiger partial charge in [0.1, 0.15) is 0 Å². The quantitative estimate of drug-likeness (QED) is 0.894. The Labute approximate surface area is 128 Å². The molecule has 1 aromatic heterocycles. The van der Waals surface area contributed by atoms with Gasteiger partial charge in [-0.2, -0.15) is 5.10 Å². The molecule has 1 aliphatic rings. The SMILES string of the molecule is CCc1cc(CNC2c3cc(Br)ccc3CC2C)[nH]n1. The summed E-state index contributed by atoms with van der Waals surface area (Å²) in [5.74, 6) is 0.632. The van der Waals surface area contributed by atoms with Crippen molar-refractivity contribution < 1.29 is 0 Å². The van der Waals surface area contributed by atoms with Crippen LogP contribution in [-0.2, 0) is 19.4 Å². The zero-order chi connectivity index (χ0) is 14.1. The summed E-state index contributed by atoms with van der Waals surface area (Å²) in [6.45, 7) is 5.28. The number of nitrogens with zero attached hydrogens (tertiary/aromatic N) is 1. The molecule has 2 atom stereocenters. The van der Waals surface area contributed by atoms with Gasteiger partial charge in [-0.15, -0.1) is 0 Å². The maximum atomic E-state index is 4.28. The summed E-state index contributed by atoms with van der Waals surface area (Å²) in [5.41, 5.74) is 5.20. The van der Waals surface area contributed by atoms with Crippen LogP contribution in [0.4, 0.5) is 0 Å². The standard InChI is InChI=1S/C16H20BrN3/c1-3-13-8-14(20-19-13)9-18-16-10(2)6-11-4-5-12(17)7-15(11)16/h4-5,7-8,10,16,18H,3,6,9H2,1-2H3,(H,19,20). The second-order valence-electron chi connectivity index (χ2n) is 5.62. The van der Waals surface area contributed by atoms with E-state index >= 15 is 0 Å². The summed E-state index contributed by atoms with van der Waals surface area (Å²) in [7, 11) is 0. The van der Waals surface area contributed by atoms with E-state index in [2.05, 4.69) is 69.6 Å². The van der Waals surface area contributed by atoms with Crippen LogP contribution < -0.4 is 5.32 Å². The number of rotatable bonds is 4. The number of hydrogen-bond acceptors (Lipinski definition) is 2. The fourth-order valence-corrected chi connectivity index (χ4v) is 3.40. The first-order valence-corrected chi connectivity index (χ1v) is 8.01. The number of fused-ring (bicyclic) bond motifs is 1. The predicted molar refractivity (Wildman–Crippen MR) is 84.6 cm³/mol. The normalized spacial score (nSPS) is 21.1. The monoisotopic (exact) mass is 333 g/mol. The third-order valence-electron chi connectivity index (χ3n) is 4.11. The van der Waals surface area contributed by atoms with E-state index in [1.807, 2.05) is 0 Å². The number of aryl methyl sites for hydroxylation is 1. The van der Waals surface area contributed by atoms with Crippen molar-refractivity contribution in [3.05, 3.63) is 51.3 Å². The minimum atomic E-state index is 0.427. The Morgan fingerprint density at radius 2 is 2.25 bits per heavy atom. The number of aromatic amines is 1. The van der Waals surface area contributed by atoms with Crippen molar-refractivity contribution in [2.24, 2.45) is 5.92 Å². The minimum Gasteiger partial charge on any atom is -0.304 e. The Bertz CT molecular complexity index is 606. The van der Waals surface area contributed by atoms with Gasteiger partial charge in [0.05, 0.1) is 5.69 Å². The summed E-state index contributed by atoms with van der Waals surface area (Å²) >= 11 is 3.58. The Kier molecular flexibility index (Phi) is 3.94. The molecule has 2 aromatic rings. The highest BCUT2D eigenvalue weighted by Gasteiger charge is 2.28. The van der Waals surface area contributed by atoms with E-state index < -0.39 is 0 Å². The van der Waals surface area contributed by atoms with Crippen molar-refractivity contribution in [1.29, 1.82) is 0 Å². The zero-order valence-electron chi connectivity index (χ0n) is 11.9. The lowest BCUT2D eigenvalue weighted by molar-refractivity contribution is 0.413. The Hall–Kier alpha value is -1.13. The van der Waals surface area contributed by atoms with Crippen molar-refractivity contribution in [3.8, 4) is 0 Å². The molecule has 0 fully saturated rings. The molecule has 4 heteroatoms. The van der Waals surface area contributed by atoms with Gasteiger partial charge in [-0.1, -0.05) is 35.8 Å². The average molecular weight is 334 g/mol. The summed E-state index contributed by atoms with van der Waals surface area (Å²) in [4.78, 5) is 0. The van der Waals surface area contributed by atoms with Crippen LogP contribution in [0.3, 0.4) is 0 Å². The van der Waals surface area contributed by atoms with E-state index in [9.17, 15) is 0 Å². The van der Waals surface area contributed by atoms with Crippen molar-refractivity contribution in [1.82, 2.24) is 15.5 Å². The van der Waals surface area contributed by atoms with E-state index in [-0.39, 0.29) is 0 Å². The lowest BCUT2D eigenvalue weighted by atomic mass is 10.0. The molecule has 0 saturated heterocycles. The van der Waals surface area contributed by atoms with Gasteiger partial charge in [0, 0.05) is 22.8 Å². The van der Waals surface area contributed by atoms with Crippen LogP contribution in [0.15, 0.2) is 28.7 Å². The van der Waals surface area contributed by atoms with Crippen LogP contribution in [-0.4, -0.2) is 10.2 Å². The van der Waals surface area contributed by atoms with E-state index in [0.29, 0.717) is 12.0 Å². The number of hydrogen-bond donors (Lipinski definition) is 2. The molecule has 0 amide bonds. The Balaban J connectivity index is 1.73. The van der Waals surface area contributed by atoms with Crippen molar-refractivity contribution in [3.63, 3.8) is 0 Å². The summed E-state index contributed by atoms with van der Waals surface area (Å²) in [6.07, 6.45) is 2.13. The molecule has 0 aliphatic heterocycles. The van der Waals surface area contributed by atoms with Crippen LogP contribution in [0, 0.1) is 5.92 Å². The maximum Gasteiger partial charge on any atom is 0.0622 e. The molecule has 2 unspecified atom stereocenters. The third-order valence-corrected chi connectivity index (χ3v) is 4.61. The molecule has 1 aliphatic carbocycles. The van der Waals surface area contributed by atoms with Crippen LogP contribution >= 0.6 is 15.9 Å². The summed E-state index contributed by atoms with van der Waals surface area (Å²) < 4.78 is 1.16. The zero-order valence-corrected chi connectivity index (χ0v) is 13.5. The van der Waals surface area contributed by atoms with Crippen molar-refractivity contribution in [2.75, 3.05) is 0 Å². The van der Waals surface area contributed by atoms with Gasteiger partial charge in [0.2, 0.25) is 0 Å². The molecule has 0 radical (unpaired) electrons. The molecule has 2 N–H and O–H groups in total. The molecular formula is C16H20BrN3. The van der Waals surface area contributed by atoms with E-state index in [0.717, 1.165) is 35.2 Å². The minimum absolute atomic E-state index is 0.427. The van der Waals surface area contributed by atoms with Crippen molar-refractivity contribution >= 4 is 15.9 Å². The van der Waals surface area contributed by atoms with E-state index in [1.54, 1.807) is 0 Å². The molecule has 3 nitrogen and oxygen atoms in total. The van der Waals surface area contributed by atoms with Crippen molar-refractivity contribution in [2.45, 2.75) is 39.3 Å². The van der Waals surface area contributed by atoms with Gasteiger partial charge in [0.25, 0.3) is 0 Å². The summed E-state index contributed by atoms with van der Waals surface area (Å²) in [6, 6.07) is 9.20. The molecule has 1 heterocycles. The third kappa shape index (κ3) is 2.67. The number of nitrogens with one attached hydrogen (secondary N) is 2. The summed E-state index contributed by atoms with van der Waals surface area (Å²) in [5, 5.41) is 11.1. The lowest BCUT2D eigenvalue weighted by Gasteiger charge is -2.18. The first kappa shape index (κ1) is 13.8. The first-order valence-electron chi connectivity index (χ1n) is 7.22. The molecule has 3 rings (SSSR count). The Morgan fingerprint density at radius 1 is 1.40 bits per heavy atom. The van der Waals surface area contributed by atoms with Crippen LogP contribution in [0.2, 0.25) is 0 Å². The fourth-order valence-electron chi connectivity index (χ4n) is 3.02. The van der Waals surface area contributed by atoms with Gasteiger partial charge in [0.15, 0.2) is 0 Å². The molecule has 1 aromatic carbocycles. The van der Waals surface area contributed by atoms with Gasteiger partial charge < -0.3 is 5.32 Å². The smallest absolute Gasteiger partial charge is 0.0622 e. The lowest BCUT2D eigenvalue weighted by Crippen LogP contribution is -2.23. The second-order valence-corrected chi connectivity index (χ2v) is 6.54. The van der Waals surface area contributed by atoms with Gasteiger partial charge in [-0.05, 0) is 48.1 Å². The molecule has 0 bridgehead atoms. The van der Waals surface area contributed by atoms with E-state index in [4.69, 9.17) is 0 Å². The van der Waals surface area contributed by atoms with Gasteiger partial charge in [-0.25, -0.2) is 0 Å². The first-order chi connectivity index (χ1) is 9.67. The van der Waals surface area contributed by atoms with E-state index in [1.165, 1.54) is 11.1 Å². The maximum absolute atomic E-state index is 4.28. The fraction of sp³-hybridized carbons (Fsp3) is 0.438. The number of benzene rings is 1. The predicted octanol–water partition coefficient (Wildman–Crippen LogP) is 3.76. The molecule has 20 heavy (non-hydrogen) atoms. The van der Waals surface area contributed by atoms with Crippen LogP contribution in [0.25, 0.3) is 0 Å². The number of H-pyrrole nitrogens is 1. The molecule has 0 spiro atoms. The average Bonchev–Trinajstić information content (AvgIpc) is 3.00. The highest BCUT2D eigenvalue weighted by atomic mass is 79.9. The van der Waals surface area contributed by atoms with Crippen LogP contribution in [0.5, 0.6) is 0 Å².